The van der Waals surface area contributed by atoms with E-state index in [2.05, 4.69) is 27.9 Å². The molecule has 2 atom stereocenters. The van der Waals surface area contributed by atoms with Crippen LogP contribution in [0.25, 0.3) is 0 Å². The summed E-state index contributed by atoms with van der Waals surface area (Å²) in [5.41, 5.74) is 0.240. The van der Waals surface area contributed by atoms with Gasteiger partial charge in [0.2, 0.25) is 0 Å². The second kappa shape index (κ2) is 5.96. The van der Waals surface area contributed by atoms with E-state index in [9.17, 15) is 9.59 Å². The van der Waals surface area contributed by atoms with Crippen molar-refractivity contribution in [3.05, 3.63) is 33.4 Å². The molecule has 1 saturated carbocycles. The van der Waals surface area contributed by atoms with Gasteiger partial charge in [-0.25, -0.2) is 4.79 Å². The molecule has 2 unspecified atom stereocenters. The average Bonchev–Trinajstić information content (AvgIpc) is 2.90. The van der Waals surface area contributed by atoms with Crippen molar-refractivity contribution in [2.75, 3.05) is 13.1 Å². The molecule has 1 saturated heterocycles. The molecule has 1 N–H and O–H groups in total. The van der Waals surface area contributed by atoms with Gasteiger partial charge in [-0.15, -0.1) is 0 Å². The van der Waals surface area contributed by atoms with Gasteiger partial charge in [-0.05, 0) is 67.6 Å². The van der Waals surface area contributed by atoms with Crippen LogP contribution in [0.1, 0.15) is 31.1 Å². The number of ether oxygens (including phenoxy) is 1. The number of hydrogen-bond donors (Lipinski definition) is 1. The Morgan fingerprint density at radius 3 is 2.26 bits per heavy atom. The number of halogens is 1. The molecule has 2 fully saturated rings. The number of carbonyl (C=O) groups is 2. The molecule has 3 rings (SSSR count). The van der Waals surface area contributed by atoms with E-state index >= 15 is 0 Å². The number of fused-ring (bicyclic) bond motifs is 1. The van der Waals surface area contributed by atoms with Crippen molar-refractivity contribution in [1.29, 1.82) is 0 Å². The number of hydrogen-bond acceptors (Lipinski definition) is 3. The van der Waals surface area contributed by atoms with Crippen LogP contribution in [0.3, 0.4) is 0 Å². The molecule has 2 amide bonds. The molecular formula is C17H21IN2O3. The van der Waals surface area contributed by atoms with Crippen molar-refractivity contribution in [2.24, 2.45) is 11.8 Å². The summed E-state index contributed by atoms with van der Waals surface area (Å²) in [7, 11) is 0. The van der Waals surface area contributed by atoms with Crippen molar-refractivity contribution in [3.63, 3.8) is 0 Å². The molecule has 6 heteroatoms. The van der Waals surface area contributed by atoms with Gasteiger partial charge in [0.05, 0.1) is 0 Å². The summed E-state index contributed by atoms with van der Waals surface area (Å²) in [6.45, 7) is 6.96. The van der Waals surface area contributed by atoms with Gasteiger partial charge in [0.15, 0.2) is 0 Å². The number of likely N-dealkylation sites (tertiary alicyclic amines) is 1. The van der Waals surface area contributed by atoms with Crippen LogP contribution in [0, 0.1) is 15.4 Å². The van der Waals surface area contributed by atoms with Gasteiger partial charge in [0.25, 0.3) is 5.91 Å². The second-order valence-electron chi connectivity index (χ2n) is 7.22. The van der Waals surface area contributed by atoms with Gasteiger partial charge in [-0.3, -0.25) is 4.79 Å². The molecule has 1 aliphatic heterocycles. The SMILES string of the molecule is CC(C)(C)OC(=O)NC1C2CN(C(=O)c3ccc(I)cc3)CC21. The van der Waals surface area contributed by atoms with E-state index in [1.807, 2.05) is 49.9 Å². The topological polar surface area (TPSA) is 58.6 Å². The number of benzene rings is 1. The summed E-state index contributed by atoms with van der Waals surface area (Å²) < 4.78 is 6.39. The summed E-state index contributed by atoms with van der Waals surface area (Å²) in [6.07, 6.45) is -0.368. The highest BCUT2D eigenvalue weighted by Crippen LogP contribution is 2.45. The molecule has 1 aliphatic carbocycles. The van der Waals surface area contributed by atoms with Gasteiger partial charge in [-0.2, -0.15) is 0 Å². The maximum atomic E-state index is 12.5. The Morgan fingerprint density at radius 1 is 1.17 bits per heavy atom. The van der Waals surface area contributed by atoms with Gasteiger partial charge >= 0.3 is 6.09 Å². The Kier molecular flexibility index (Phi) is 4.29. The Bertz CT molecular complexity index is 612. The molecule has 1 aromatic rings. The largest absolute Gasteiger partial charge is 0.444 e. The van der Waals surface area contributed by atoms with Crippen LogP contribution in [0.2, 0.25) is 0 Å². The third kappa shape index (κ3) is 3.79. The van der Waals surface area contributed by atoms with Crippen LogP contribution < -0.4 is 5.32 Å². The van der Waals surface area contributed by atoms with Crippen molar-refractivity contribution in [1.82, 2.24) is 10.2 Å². The maximum absolute atomic E-state index is 12.5. The van der Waals surface area contributed by atoms with E-state index in [1.165, 1.54) is 0 Å². The Labute approximate surface area is 149 Å². The molecule has 2 aliphatic rings. The second-order valence-corrected chi connectivity index (χ2v) is 8.46. The summed E-state index contributed by atoms with van der Waals surface area (Å²) >= 11 is 2.22. The number of rotatable bonds is 2. The Hall–Kier alpha value is -1.31. The molecule has 0 spiro atoms. The minimum absolute atomic E-state index is 0.0737. The van der Waals surface area contributed by atoms with Crippen LogP contribution in [0.5, 0.6) is 0 Å². The number of amides is 2. The van der Waals surface area contributed by atoms with Crippen molar-refractivity contribution >= 4 is 34.6 Å². The lowest BCUT2D eigenvalue weighted by Crippen LogP contribution is -2.39. The van der Waals surface area contributed by atoms with E-state index in [4.69, 9.17) is 4.74 Å². The molecule has 23 heavy (non-hydrogen) atoms. The first-order valence-corrected chi connectivity index (χ1v) is 8.87. The first-order chi connectivity index (χ1) is 10.7. The summed E-state index contributed by atoms with van der Waals surface area (Å²) in [5.74, 6) is 0.787. The van der Waals surface area contributed by atoms with Crippen LogP contribution in [-0.4, -0.2) is 41.6 Å². The average molecular weight is 428 g/mol. The van der Waals surface area contributed by atoms with Crippen LogP contribution >= 0.6 is 22.6 Å². The molecule has 0 bridgehead atoms. The molecular weight excluding hydrogens is 407 g/mol. The van der Waals surface area contributed by atoms with Crippen molar-refractivity contribution in [2.45, 2.75) is 32.4 Å². The highest BCUT2D eigenvalue weighted by molar-refractivity contribution is 14.1. The molecule has 1 heterocycles. The van der Waals surface area contributed by atoms with Gasteiger partial charge < -0.3 is 15.0 Å². The number of alkyl carbamates (subject to hydrolysis) is 1. The minimum atomic E-state index is -0.485. The fourth-order valence-electron chi connectivity index (χ4n) is 3.12. The normalized spacial score (nSPS) is 25.7. The lowest BCUT2D eigenvalue weighted by Gasteiger charge is -2.22. The van der Waals surface area contributed by atoms with Crippen LogP contribution in [0.4, 0.5) is 4.79 Å². The van der Waals surface area contributed by atoms with E-state index in [0.29, 0.717) is 24.9 Å². The fourth-order valence-corrected chi connectivity index (χ4v) is 3.48. The number of piperidine rings is 1. The predicted octanol–water partition coefficient (Wildman–Crippen LogP) is 2.89. The molecule has 1 aromatic carbocycles. The van der Waals surface area contributed by atoms with Crippen LogP contribution in [-0.2, 0) is 4.74 Å². The Morgan fingerprint density at radius 2 is 1.74 bits per heavy atom. The first-order valence-electron chi connectivity index (χ1n) is 7.79. The highest BCUT2D eigenvalue weighted by Gasteiger charge is 2.57. The Balaban J connectivity index is 1.50. The monoisotopic (exact) mass is 428 g/mol. The zero-order chi connectivity index (χ0) is 16.8. The molecule has 0 aromatic heterocycles. The quantitative estimate of drug-likeness (QED) is 0.738. The number of nitrogens with zero attached hydrogens (tertiary/aromatic N) is 1. The molecule has 124 valence electrons. The molecule has 0 radical (unpaired) electrons. The third-order valence-corrected chi connectivity index (χ3v) is 4.97. The number of nitrogens with one attached hydrogen (secondary N) is 1. The lowest BCUT2D eigenvalue weighted by atomic mass is 10.2. The van der Waals surface area contributed by atoms with E-state index < -0.39 is 5.60 Å². The van der Waals surface area contributed by atoms with E-state index in [1.54, 1.807) is 0 Å². The van der Waals surface area contributed by atoms with Crippen LogP contribution in [0.15, 0.2) is 24.3 Å². The summed E-state index contributed by atoms with van der Waals surface area (Å²) in [6, 6.07) is 7.76. The predicted molar refractivity (Wildman–Crippen MR) is 95.2 cm³/mol. The fraction of sp³-hybridized carbons (Fsp3) is 0.529. The van der Waals surface area contributed by atoms with Crippen molar-refractivity contribution < 1.29 is 14.3 Å². The van der Waals surface area contributed by atoms with E-state index in [-0.39, 0.29) is 18.0 Å². The van der Waals surface area contributed by atoms with Crippen molar-refractivity contribution in [3.8, 4) is 0 Å². The smallest absolute Gasteiger partial charge is 0.407 e. The van der Waals surface area contributed by atoms with Gasteiger partial charge in [0.1, 0.15) is 5.60 Å². The summed E-state index contributed by atoms with van der Waals surface area (Å²) in [4.78, 5) is 26.1. The van der Waals surface area contributed by atoms with E-state index in [0.717, 1.165) is 9.13 Å². The zero-order valence-corrected chi connectivity index (χ0v) is 15.7. The first kappa shape index (κ1) is 16.5. The standard InChI is InChI=1S/C17H21IN2O3/c1-17(2,3)23-16(22)19-14-12-8-20(9-13(12)14)15(21)10-4-6-11(18)7-5-10/h4-7,12-14H,8-9H2,1-3H3,(H,19,22). The van der Waals surface area contributed by atoms with Gasteiger partial charge in [-0.1, -0.05) is 0 Å². The molecule has 5 nitrogen and oxygen atoms in total. The highest BCUT2D eigenvalue weighted by atomic mass is 127. The minimum Gasteiger partial charge on any atom is -0.444 e. The number of carbonyl (C=O) groups excluding carboxylic acids is 2. The summed E-state index contributed by atoms with van der Waals surface area (Å²) in [5, 5.41) is 2.92. The zero-order valence-electron chi connectivity index (χ0n) is 13.5. The maximum Gasteiger partial charge on any atom is 0.407 e. The third-order valence-electron chi connectivity index (χ3n) is 4.26. The lowest BCUT2D eigenvalue weighted by molar-refractivity contribution is 0.0513. The van der Waals surface area contributed by atoms with Gasteiger partial charge in [0, 0.05) is 40.1 Å².